The molecule has 1 heterocycles. The largest absolute Gasteiger partial charge is 0.466 e. The van der Waals surface area contributed by atoms with Gasteiger partial charge in [-0.05, 0) is 13.0 Å². The lowest BCUT2D eigenvalue weighted by Gasteiger charge is -2.06. The minimum atomic E-state index is -4.54. The summed E-state index contributed by atoms with van der Waals surface area (Å²) in [5, 5.41) is 0. The zero-order valence-electron chi connectivity index (χ0n) is 8.41. The third-order valence-corrected chi connectivity index (χ3v) is 1.60. The summed E-state index contributed by atoms with van der Waals surface area (Å²) in [6.07, 6.45) is -3.94. The number of nitrogens with zero attached hydrogens (tertiary/aromatic N) is 2. The van der Waals surface area contributed by atoms with Gasteiger partial charge in [0.15, 0.2) is 0 Å². The Bertz CT molecular complexity index is 379. The van der Waals surface area contributed by atoms with E-state index in [1.54, 1.807) is 6.92 Å². The molecule has 0 atom stereocenters. The number of esters is 1. The van der Waals surface area contributed by atoms with Crippen LogP contribution in [0.2, 0.25) is 0 Å². The van der Waals surface area contributed by atoms with Crippen molar-refractivity contribution in [2.24, 2.45) is 0 Å². The molecule has 0 bridgehead atoms. The van der Waals surface area contributed by atoms with Crippen molar-refractivity contribution >= 4 is 5.97 Å². The predicted octanol–water partition coefficient (Wildman–Crippen LogP) is 1.60. The number of hydrogen-bond acceptors (Lipinski definition) is 4. The molecule has 1 rings (SSSR count). The zero-order chi connectivity index (χ0) is 12.2. The van der Waals surface area contributed by atoms with Crippen molar-refractivity contribution in [1.82, 2.24) is 9.97 Å². The van der Waals surface area contributed by atoms with E-state index in [9.17, 15) is 18.0 Å². The van der Waals surface area contributed by atoms with E-state index in [0.29, 0.717) is 0 Å². The van der Waals surface area contributed by atoms with E-state index in [-0.39, 0.29) is 18.9 Å². The molecule has 0 amide bonds. The van der Waals surface area contributed by atoms with Crippen LogP contribution in [-0.2, 0) is 22.1 Å². The fourth-order valence-electron chi connectivity index (χ4n) is 0.983. The Balaban J connectivity index is 2.79. The van der Waals surface area contributed by atoms with E-state index in [0.717, 1.165) is 12.3 Å². The maximum Gasteiger partial charge on any atom is 0.433 e. The molecule has 0 spiro atoms. The molecule has 88 valence electrons. The van der Waals surface area contributed by atoms with Gasteiger partial charge in [-0.15, -0.1) is 0 Å². The number of carbonyl (C=O) groups excluding carboxylic acids is 1. The summed E-state index contributed by atoms with van der Waals surface area (Å²) in [4.78, 5) is 17.8. The monoisotopic (exact) mass is 234 g/mol. The zero-order valence-corrected chi connectivity index (χ0v) is 8.41. The van der Waals surface area contributed by atoms with Gasteiger partial charge in [0.05, 0.1) is 6.61 Å². The molecule has 0 unspecified atom stereocenters. The van der Waals surface area contributed by atoms with Gasteiger partial charge < -0.3 is 4.74 Å². The van der Waals surface area contributed by atoms with Crippen molar-refractivity contribution in [2.45, 2.75) is 19.5 Å². The second-order valence-electron chi connectivity index (χ2n) is 2.84. The molecule has 0 aliphatic heterocycles. The predicted molar refractivity (Wildman–Crippen MR) is 47.4 cm³/mol. The van der Waals surface area contributed by atoms with Gasteiger partial charge in [0.1, 0.15) is 17.9 Å². The van der Waals surface area contributed by atoms with Gasteiger partial charge in [0.25, 0.3) is 0 Å². The van der Waals surface area contributed by atoms with Crippen LogP contribution < -0.4 is 0 Å². The van der Waals surface area contributed by atoms with Gasteiger partial charge in [-0.3, -0.25) is 4.79 Å². The Kier molecular flexibility index (Phi) is 3.81. The average molecular weight is 234 g/mol. The third kappa shape index (κ3) is 3.48. The van der Waals surface area contributed by atoms with Gasteiger partial charge in [-0.1, -0.05) is 0 Å². The summed E-state index contributed by atoms with van der Waals surface area (Å²) in [5.74, 6) is -0.852. The van der Waals surface area contributed by atoms with Crippen molar-refractivity contribution in [1.29, 1.82) is 0 Å². The molecular weight excluding hydrogens is 225 g/mol. The summed E-state index contributed by atoms with van der Waals surface area (Å²) in [5.41, 5.74) is -1.07. The first-order valence-corrected chi connectivity index (χ1v) is 4.48. The number of alkyl halides is 3. The first kappa shape index (κ1) is 12.4. The molecule has 1 aromatic heterocycles. The Morgan fingerprint density at radius 1 is 1.50 bits per heavy atom. The van der Waals surface area contributed by atoms with Crippen LogP contribution >= 0.6 is 0 Å². The molecule has 0 fully saturated rings. The highest BCUT2D eigenvalue weighted by molar-refractivity contribution is 5.71. The van der Waals surface area contributed by atoms with Crippen LogP contribution in [0.1, 0.15) is 18.4 Å². The molecule has 1 aromatic rings. The minimum absolute atomic E-state index is 0.164. The Morgan fingerprint density at radius 2 is 2.19 bits per heavy atom. The van der Waals surface area contributed by atoms with Crippen LogP contribution in [-0.4, -0.2) is 22.5 Å². The van der Waals surface area contributed by atoms with Crippen LogP contribution in [0.3, 0.4) is 0 Å². The molecule has 16 heavy (non-hydrogen) atoms. The quantitative estimate of drug-likeness (QED) is 0.745. The Labute approximate surface area is 89.5 Å². The summed E-state index contributed by atoms with van der Waals surface area (Å²) in [6.45, 7) is 1.77. The normalized spacial score (nSPS) is 11.2. The van der Waals surface area contributed by atoms with Crippen molar-refractivity contribution < 1.29 is 22.7 Å². The second kappa shape index (κ2) is 4.91. The maximum absolute atomic E-state index is 12.2. The first-order chi connectivity index (χ1) is 7.43. The van der Waals surface area contributed by atoms with Crippen molar-refractivity contribution in [2.75, 3.05) is 6.61 Å². The Hall–Kier alpha value is -1.66. The first-order valence-electron chi connectivity index (χ1n) is 4.48. The maximum atomic E-state index is 12.2. The summed E-state index contributed by atoms with van der Waals surface area (Å²) < 4.78 is 41.3. The summed E-state index contributed by atoms with van der Waals surface area (Å²) in [6, 6.07) is 0.745. The highest BCUT2D eigenvalue weighted by Crippen LogP contribution is 2.26. The molecule has 0 N–H and O–H groups in total. The number of hydrogen-bond donors (Lipinski definition) is 0. The summed E-state index contributed by atoms with van der Waals surface area (Å²) in [7, 11) is 0. The average Bonchev–Trinajstić information content (AvgIpc) is 2.17. The second-order valence-corrected chi connectivity index (χ2v) is 2.84. The topological polar surface area (TPSA) is 52.1 Å². The van der Waals surface area contributed by atoms with E-state index < -0.39 is 17.8 Å². The molecule has 0 saturated heterocycles. The van der Waals surface area contributed by atoms with Crippen LogP contribution in [0.15, 0.2) is 12.3 Å². The van der Waals surface area contributed by atoms with E-state index in [1.807, 2.05) is 0 Å². The van der Waals surface area contributed by atoms with Gasteiger partial charge in [-0.25, -0.2) is 9.97 Å². The highest BCUT2D eigenvalue weighted by atomic mass is 19.4. The van der Waals surface area contributed by atoms with Gasteiger partial charge in [0.2, 0.25) is 0 Å². The fraction of sp³-hybridized carbons (Fsp3) is 0.444. The molecular formula is C9H9F3N2O2. The Morgan fingerprint density at radius 3 is 2.75 bits per heavy atom. The van der Waals surface area contributed by atoms with E-state index >= 15 is 0 Å². The molecule has 0 radical (unpaired) electrons. The van der Waals surface area contributed by atoms with E-state index in [1.165, 1.54) is 0 Å². The van der Waals surface area contributed by atoms with Crippen molar-refractivity contribution in [3.8, 4) is 0 Å². The van der Waals surface area contributed by atoms with Crippen LogP contribution in [0, 0.1) is 0 Å². The fourth-order valence-corrected chi connectivity index (χ4v) is 0.983. The number of rotatable bonds is 3. The van der Waals surface area contributed by atoms with E-state index in [2.05, 4.69) is 14.7 Å². The van der Waals surface area contributed by atoms with Gasteiger partial charge in [0, 0.05) is 6.20 Å². The number of halogens is 3. The van der Waals surface area contributed by atoms with Gasteiger partial charge in [-0.2, -0.15) is 13.2 Å². The standard InChI is InChI=1S/C9H9F3N2O2/c1-2-16-8(15)5-7-13-4-3-6(14-7)9(10,11)12/h3-4H,2,5H2,1H3. The van der Waals surface area contributed by atoms with Gasteiger partial charge >= 0.3 is 12.1 Å². The molecule has 4 nitrogen and oxygen atoms in total. The lowest BCUT2D eigenvalue weighted by molar-refractivity contribution is -0.144. The molecule has 0 aliphatic rings. The smallest absolute Gasteiger partial charge is 0.433 e. The number of ether oxygens (including phenoxy) is 1. The third-order valence-electron chi connectivity index (χ3n) is 1.60. The number of carbonyl (C=O) groups is 1. The van der Waals surface area contributed by atoms with E-state index in [4.69, 9.17) is 0 Å². The lowest BCUT2D eigenvalue weighted by Crippen LogP contribution is -2.14. The van der Waals surface area contributed by atoms with Crippen molar-refractivity contribution in [3.05, 3.63) is 23.8 Å². The highest BCUT2D eigenvalue weighted by Gasteiger charge is 2.32. The molecule has 0 saturated carbocycles. The van der Waals surface area contributed by atoms with Crippen LogP contribution in [0.5, 0.6) is 0 Å². The summed E-state index contributed by atoms with van der Waals surface area (Å²) >= 11 is 0. The lowest BCUT2D eigenvalue weighted by atomic mass is 10.3. The molecule has 0 aromatic carbocycles. The van der Waals surface area contributed by atoms with Crippen LogP contribution in [0.25, 0.3) is 0 Å². The van der Waals surface area contributed by atoms with Crippen molar-refractivity contribution in [3.63, 3.8) is 0 Å². The minimum Gasteiger partial charge on any atom is -0.466 e. The van der Waals surface area contributed by atoms with Crippen LogP contribution in [0.4, 0.5) is 13.2 Å². The molecule has 0 aliphatic carbocycles. The SMILES string of the molecule is CCOC(=O)Cc1nccc(C(F)(F)F)n1. The number of aromatic nitrogens is 2. The molecule has 7 heteroatoms.